The van der Waals surface area contributed by atoms with Gasteiger partial charge in [-0.15, -0.1) is 11.8 Å². The molecule has 1 aromatic carbocycles. The number of rotatable bonds is 6. The lowest BCUT2D eigenvalue weighted by Gasteiger charge is -2.14. The Kier molecular flexibility index (Phi) is 4.24. The minimum absolute atomic E-state index is 0.0831. The summed E-state index contributed by atoms with van der Waals surface area (Å²) in [5.41, 5.74) is 0.277. The van der Waals surface area contributed by atoms with Crippen molar-refractivity contribution in [1.82, 2.24) is 0 Å². The number of carbonyl (C=O) groups excluding carboxylic acids is 2. The van der Waals surface area contributed by atoms with Crippen molar-refractivity contribution in [3.05, 3.63) is 29.6 Å². The van der Waals surface area contributed by atoms with Crippen LogP contribution in [0.2, 0.25) is 0 Å². The van der Waals surface area contributed by atoms with Gasteiger partial charge in [-0.05, 0) is 24.3 Å². The Morgan fingerprint density at radius 2 is 2.26 bits per heavy atom. The summed E-state index contributed by atoms with van der Waals surface area (Å²) < 4.78 is 18.4. The molecule has 0 bridgehead atoms. The lowest BCUT2D eigenvalue weighted by Crippen LogP contribution is -2.13. The van der Waals surface area contributed by atoms with Crippen LogP contribution in [0.4, 0.5) is 4.39 Å². The standard InChI is InChI=1S/C14H15FO3S/c1-18-12(17)7-14(5-6-14)9-19-13-10(8-16)3-2-4-11(13)15/h2-4,8H,5-7,9H2,1H3. The van der Waals surface area contributed by atoms with Gasteiger partial charge in [-0.25, -0.2) is 4.39 Å². The minimum Gasteiger partial charge on any atom is -0.469 e. The van der Waals surface area contributed by atoms with E-state index in [-0.39, 0.29) is 17.2 Å². The molecule has 0 saturated heterocycles. The molecule has 19 heavy (non-hydrogen) atoms. The van der Waals surface area contributed by atoms with Gasteiger partial charge >= 0.3 is 5.97 Å². The highest BCUT2D eigenvalue weighted by atomic mass is 32.2. The number of esters is 1. The predicted octanol–water partition coefficient (Wildman–Crippen LogP) is 3.07. The van der Waals surface area contributed by atoms with E-state index in [0.29, 0.717) is 28.9 Å². The third-order valence-corrected chi connectivity index (χ3v) is 4.83. The summed E-state index contributed by atoms with van der Waals surface area (Å²) in [4.78, 5) is 22.6. The molecule has 0 atom stereocenters. The van der Waals surface area contributed by atoms with E-state index in [1.807, 2.05) is 0 Å². The van der Waals surface area contributed by atoms with Crippen LogP contribution in [-0.2, 0) is 9.53 Å². The first-order valence-electron chi connectivity index (χ1n) is 6.03. The predicted molar refractivity (Wildman–Crippen MR) is 70.8 cm³/mol. The molecule has 2 rings (SSSR count). The molecule has 1 fully saturated rings. The number of ether oxygens (including phenoxy) is 1. The fourth-order valence-corrected chi connectivity index (χ4v) is 3.25. The van der Waals surface area contributed by atoms with Crippen LogP contribution in [0.5, 0.6) is 0 Å². The van der Waals surface area contributed by atoms with Gasteiger partial charge in [0.25, 0.3) is 0 Å². The highest BCUT2D eigenvalue weighted by molar-refractivity contribution is 7.99. The van der Waals surface area contributed by atoms with Crippen molar-refractivity contribution in [2.45, 2.75) is 24.2 Å². The lowest BCUT2D eigenvalue weighted by molar-refractivity contribution is -0.141. The summed E-state index contributed by atoms with van der Waals surface area (Å²) in [6, 6.07) is 4.46. The lowest BCUT2D eigenvalue weighted by atomic mass is 10.1. The van der Waals surface area contributed by atoms with Crippen molar-refractivity contribution >= 4 is 24.0 Å². The Morgan fingerprint density at radius 3 is 2.84 bits per heavy atom. The van der Waals surface area contributed by atoms with Gasteiger partial charge < -0.3 is 4.74 Å². The van der Waals surface area contributed by atoms with E-state index in [4.69, 9.17) is 0 Å². The van der Waals surface area contributed by atoms with Gasteiger partial charge in [-0.2, -0.15) is 0 Å². The summed E-state index contributed by atoms with van der Waals surface area (Å²) in [7, 11) is 1.37. The molecule has 0 unspecified atom stereocenters. The largest absolute Gasteiger partial charge is 0.469 e. The maximum Gasteiger partial charge on any atom is 0.306 e. The molecule has 0 heterocycles. The molecule has 0 spiro atoms. The molecule has 1 aliphatic rings. The highest BCUT2D eigenvalue weighted by Crippen LogP contribution is 2.52. The van der Waals surface area contributed by atoms with Gasteiger partial charge in [0.1, 0.15) is 5.82 Å². The van der Waals surface area contributed by atoms with Crippen LogP contribution in [0.3, 0.4) is 0 Å². The van der Waals surface area contributed by atoms with Gasteiger partial charge in [-0.3, -0.25) is 9.59 Å². The molecule has 1 saturated carbocycles. The number of thioether (sulfide) groups is 1. The fraction of sp³-hybridized carbons (Fsp3) is 0.429. The SMILES string of the molecule is COC(=O)CC1(CSc2c(F)cccc2C=O)CC1. The fourth-order valence-electron chi connectivity index (χ4n) is 1.92. The molecule has 1 aromatic rings. The van der Waals surface area contributed by atoms with Crippen molar-refractivity contribution < 1.29 is 18.7 Å². The summed E-state index contributed by atoms with van der Waals surface area (Å²) in [6.07, 6.45) is 2.91. The molecular weight excluding hydrogens is 267 g/mol. The summed E-state index contributed by atoms with van der Waals surface area (Å²) in [6.45, 7) is 0. The number of hydrogen-bond donors (Lipinski definition) is 0. The van der Waals surface area contributed by atoms with Crippen molar-refractivity contribution in [1.29, 1.82) is 0 Å². The molecule has 3 nitrogen and oxygen atoms in total. The first kappa shape index (κ1) is 14.1. The summed E-state index contributed by atoms with van der Waals surface area (Å²) in [5, 5.41) is 0. The molecule has 0 aliphatic heterocycles. The zero-order valence-electron chi connectivity index (χ0n) is 10.6. The smallest absolute Gasteiger partial charge is 0.306 e. The Labute approximate surface area is 115 Å². The van der Waals surface area contributed by atoms with Crippen LogP contribution in [0.15, 0.2) is 23.1 Å². The number of hydrogen-bond acceptors (Lipinski definition) is 4. The summed E-state index contributed by atoms with van der Waals surface area (Å²) >= 11 is 1.31. The first-order chi connectivity index (χ1) is 9.10. The van der Waals surface area contributed by atoms with Crippen molar-refractivity contribution in [2.75, 3.05) is 12.9 Å². The second kappa shape index (κ2) is 5.74. The van der Waals surface area contributed by atoms with E-state index >= 15 is 0 Å². The molecule has 1 aliphatic carbocycles. The van der Waals surface area contributed by atoms with E-state index in [9.17, 15) is 14.0 Å². The van der Waals surface area contributed by atoms with Crippen LogP contribution in [0.25, 0.3) is 0 Å². The van der Waals surface area contributed by atoms with Crippen LogP contribution in [0, 0.1) is 11.2 Å². The van der Waals surface area contributed by atoms with E-state index in [1.165, 1.54) is 31.0 Å². The third kappa shape index (κ3) is 3.35. The first-order valence-corrected chi connectivity index (χ1v) is 7.02. The number of halogens is 1. The van der Waals surface area contributed by atoms with Gasteiger partial charge in [0.15, 0.2) is 6.29 Å². The van der Waals surface area contributed by atoms with E-state index < -0.39 is 0 Å². The van der Waals surface area contributed by atoms with Crippen LogP contribution in [-0.4, -0.2) is 25.1 Å². The Balaban J connectivity index is 2.03. The van der Waals surface area contributed by atoms with Gasteiger partial charge in [-0.1, -0.05) is 12.1 Å². The molecule has 0 N–H and O–H groups in total. The molecule has 102 valence electrons. The van der Waals surface area contributed by atoms with E-state index in [0.717, 1.165) is 12.8 Å². The minimum atomic E-state index is -0.386. The van der Waals surface area contributed by atoms with Crippen molar-refractivity contribution in [2.24, 2.45) is 5.41 Å². The zero-order chi connectivity index (χ0) is 13.9. The maximum atomic E-state index is 13.7. The Hall–Kier alpha value is -1.36. The average molecular weight is 282 g/mol. The van der Waals surface area contributed by atoms with E-state index in [2.05, 4.69) is 4.74 Å². The number of benzene rings is 1. The Bertz CT molecular complexity index is 497. The second-order valence-electron chi connectivity index (χ2n) is 4.82. The number of carbonyl (C=O) groups is 2. The average Bonchev–Trinajstić information content (AvgIpc) is 3.17. The highest BCUT2D eigenvalue weighted by Gasteiger charge is 2.44. The summed E-state index contributed by atoms with van der Waals surface area (Å²) in [5.74, 6) is 0.00913. The van der Waals surface area contributed by atoms with Gasteiger partial charge in [0.2, 0.25) is 0 Å². The van der Waals surface area contributed by atoms with Crippen LogP contribution < -0.4 is 0 Å². The number of methoxy groups -OCH3 is 1. The third-order valence-electron chi connectivity index (χ3n) is 3.35. The molecular formula is C14H15FO3S. The molecule has 0 amide bonds. The van der Waals surface area contributed by atoms with Crippen LogP contribution in [0.1, 0.15) is 29.6 Å². The quantitative estimate of drug-likeness (QED) is 0.457. The monoisotopic (exact) mass is 282 g/mol. The van der Waals surface area contributed by atoms with Gasteiger partial charge in [0, 0.05) is 11.3 Å². The molecule has 0 aromatic heterocycles. The topological polar surface area (TPSA) is 43.4 Å². The normalized spacial score (nSPS) is 15.9. The zero-order valence-corrected chi connectivity index (χ0v) is 11.5. The van der Waals surface area contributed by atoms with Crippen molar-refractivity contribution in [3.8, 4) is 0 Å². The second-order valence-corrected chi connectivity index (χ2v) is 5.80. The molecule has 5 heteroatoms. The molecule has 0 radical (unpaired) electrons. The Morgan fingerprint density at radius 1 is 1.53 bits per heavy atom. The number of aldehydes is 1. The van der Waals surface area contributed by atoms with Crippen LogP contribution >= 0.6 is 11.8 Å². The van der Waals surface area contributed by atoms with Crippen molar-refractivity contribution in [3.63, 3.8) is 0 Å². The van der Waals surface area contributed by atoms with Gasteiger partial charge in [0.05, 0.1) is 18.4 Å². The van der Waals surface area contributed by atoms with E-state index in [1.54, 1.807) is 6.07 Å². The maximum absolute atomic E-state index is 13.7.